The second-order valence-electron chi connectivity index (χ2n) is 9.05. The van der Waals surface area contributed by atoms with Gasteiger partial charge >= 0.3 is 42.2 Å². The van der Waals surface area contributed by atoms with Crippen molar-refractivity contribution in [2.24, 2.45) is 0 Å². The molecule has 0 amide bonds. The van der Waals surface area contributed by atoms with Crippen LogP contribution < -0.4 is 0 Å². The van der Waals surface area contributed by atoms with E-state index in [9.17, 15) is 65.9 Å². The molecular formula is C18H6BCl3F18. The molecular weight excluding hydrogens is 675 g/mol. The summed E-state index contributed by atoms with van der Waals surface area (Å²) in [5.41, 5.74) is -20.0. The minimum Gasteiger partial charge on any atom is -0.242 e. The van der Waals surface area contributed by atoms with Gasteiger partial charge in [0, 0.05) is 0 Å². The van der Waals surface area contributed by atoms with Gasteiger partial charge in [0.15, 0.2) is 16.7 Å². The van der Waals surface area contributed by atoms with Crippen LogP contribution in [0.2, 0.25) is 0 Å². The highest BCUT2D eigenvalue weighted by Gasteiger charge is 2.95. The average molecular weight is 681 g/mol. The fraction of sp³-hybridized carbons (Fsp3) is 0.667. The number of rotatable bonds is 3. The molecule has 0 aliphatic heterocycles. The molecule has 0 N–H and O–H groups in total. The molecule has 6 unspecified atom stereocenters. The molecule has 0 heterocycles. The van der Waals surface area contributed by atoms with Crippen LogP contribution >= 0.6 is 34.8 Å². The molecule has 22 heteroatoms. The Morgan fingerprint density at radius 3 is 0.650 bits per heavy atom. The van der Waals surface area contributed by atoms with Crippen LogP contribution in [-0.2, 0) is 0 Å². The lowest BCUT2D eigenvalue weighted by Gasteiger charge is -2.56. The van der Waals surface area contributed by atoms with Crippen molar-refractivity contribution in [2.45, 2.75) is 67.6 Å². The van der Waals surface area contributed by atoms with Crippen LogP contribution in [0.5, 0.6) is 0 Å². The second-order valence-corrected chi connectivity index (χ2v) is 10.7. The van der Waals surface area contributed by atoms with Gasteiger partial charge in [-0.15, -0.1) is 0 Å². The molecule has 0 aromatic rings. The first-order valence-corrected chi connectivity index (χ1v) is 11.0. The minimum absolute atomic E-state index is 1.31. The molecule has 0 spiro atoms. The molecule has 0 fully saturated rings. The topological polar surface area (TPSA) is 0 Å². The number of hydrogen-bond donors (Lipinski definition) is 0. The van der Waals surface area contributed by atoms with Gasteiger partial charge in [-0.25, -0.2) is 26.3 Å². The van der Waals surface area contributed by atoms with Gasteiger partial charge in [0.25, 0.3) is 15.4 Å². The van der Waals surface area contributed by atoms with E-state index in [0.29, 0.717) is 0 Å². The number of hydrogen-bond acceptors (Lipinski definition) is 0. The fourth-order valence-corrected chi connectivity index (χ4v) is 4.95. The molecule has 6 atom stereocenters. The van der Waals surface area contributed by atoms with Crippen LogP contribution in [0, 0.1) is 0 Å². The Kier molecular flexibility index (Phi) is 6.75. The van der Waals surface area contributed by atoms with Gasteiger partial charge < -0.3 is 0 Å². The Balaban J connectivity index is 2.60. The van der Waals surface area contributed by atoms with Crippen molar-refractivity contribution in [3.05, 3.63) is 36.5 Å². The third-order valence-corrected chi connectivity index (χ3v) is 7.84. The van der Waals surface area contributed by atoms with Gasteiger partial charge in [-0.3, -0.25) is 0 Å². The summed E-state index contributed by atoms with van der Waals surface area (Å²) in [5, 5.41) is -16.0. The smallest absolute Gasteiger partial charge is 0.242 e. The van der Waals surface area contributed by atoms with Crippen molar-refractivity contribution in [2.75, 3.05) is 0 Å². The van der Waals surface area contributed by atoms with Gasteiger partial charge in [-0.1, -0.05) is 34.8 Å². The van der Waals surface area contributed by atoms with Crippen molar-refractivity contribution in [3.8, 4) is 0 Å². The van der Waals surface area contributed by atoms with E-state index in [1.54, 1.807) is 0 Å². The molecule has 3 aliphatic rings. The highest BCUT2D eigenvalue weighted by atomic mass is 35.5. The molecule has 0 radical (unpaired) electrons. The lowest BCUT2D eigenvalue weighted by atomic mass is 9.19. The van der Waals surface area contributed by atoms with Crippen LogP contribution in [0.25, 0.3) is 0 Å². The van der Waals surface area contributed by atoms with E-state index >= 15 is 13.2 Å². The summed E-state index contributed by atoms with van der Waals surface area (Å²) in [6.07, 6.45) is -8.70. The first kappa shape index (κ1) is 33.4. The van der Waals surface area contributed by atoms with Gasteiger partial charge in [0.1, 0.15) is 0 Å². The first-order valence-electron chi connectivity index (χ1n) is 9.82. The van der Waals surface area contributed by atoms with E-state index in [-0.39, 0.29) is 0 Å². The van der Waals surface area contributed by atoms with E-state index in [0.717, 1.165) is 0 Å². The summed E-state index contributed by atoms with van der Waals surface area (Å²) in [6.45, 7) is -6.01. The summed E-state index contributed by atoms with van der Waals surface area (Å²) < 4.78 is 265. The van der Waals surface area contributed by atoms with Crippen molar-refractivity contribution >= 4 is 41.5 Å². The van der Waals surface area contributed by atoms with Gasteiger partial charge in [-0.2, -0.15) is 52.7 Å². The maximum atomic E-state index is 16.0. The lowest BCUT2D eigenvalue weighted by molar-refractivity contribution is -0.297. The predicted molar refractivity (Wildman–Crippen MR) is 103 cm³/mol. The van der Waals surface area contributed by atoms with E-state index in [1.165, 1.54) is 0 Å². The summed E-state index contributed by atoms with van der Waals surface area (Å²) >= 11 is 13.4. The third kappa shape index (κ3) is 3.36. The van der Waals surface area contributed by atoms with Gasteiger partial charge in [0.2, 0.25) is 0 Å². The minimum atomic E-state index is -7.36. The Morgan fingerprint density at radius 2 is 0.475 bits per heavy atom. The Labute approximate surface area is 225 Å². The molecule has 0 saturated heterocycles. The SMILES string of the molecule is FC1(Cl)C=CC(F)(B(C2(F)C=CC(F)(Cl)C(F)(F)C2(F)F)C2(F)C=CC(F)(Cl)C(F)(F)C2(F)F)C(F)(F)C1(F)F. The number of alkyl halides is 21. The third-order valence-electron chi connectivity index (χ3n) is 6.75. The van der Waals surface area contributed by atoms with Gasteiger partial charge in [0.05, 0.1) is 0 Å². The number of halogens is 21. The average Bonchev–Trinajstić information content (AvgIpc) is 2.77. The molecule has 3 aliphatic carbocycles. The Bertz CT molecular complexity index is 1040. The molecule has 0 saturated carbocycles. The lowest BCUT2D eigenvalue weighted by Crippen LogP contribution is -2.86. The van der Waals surface area contributed by atoms with E-state index in [1.807, 2.05) is 0 Å². The van der Waals surface area contributed by atoms with Crippen LogP contribution in [0.1, 0.15) is 0 Å². The van der Waals surface area contributed by atoms with E-state index < -0.39 is 111 Å². The zero-order valence-corrected chi connectivity index (χ0v) is 20.2. The maximum Gasteiger partial charge on any atom is 0.363 e. The Hall–Kier alpha value is -1.11. The quantitative estimate of drug-likeness (QED) is 0.121. The summed E-state index contributed by atoms with van der Waals surface area (Å²) in [7, 11) is 0. The van der Waals surface area contributed by atoms with Crippen molar-refractivity contribution in [3.63, 3.8) is 0 Å². The summed E-state index contributed by atoms with van der Waals surface area (Å²) in [5.74, 6) is -42.8. The van der Waals surface area contributed by atoms with Crippen LogP contribution in [0.3, 0.4) is 0 Å². The fourth-order valence-electron chi connectivity index (χ4n) is 4.41. The molecule has 0 aromatic carbocycles. The molecule has 0 aromatic heterocycles. The molecule has 0 nitrogen and oxygen atoms in total. The second kappa shape index (κ2) is 8.08. The predicted octanol–water partition coefficient (Wildman–Crippen LogP) is 8.46. The van der Waals surface area contributed by atoms with Crippen LogP contribution in [0.15, 0.2) is 36.5 Å². The van der Waals surface area contributed by atoms with Crippen molar-refractivity contribution in [1.82, 2.24) is 0 Å². The summed E-state index contributed by atoms with van der Waals surface area (Å²) in [4.78, 5) is 0. The van der Waals surface area contributed by atoms with Crippen LogP contribution in [-0.4, -0.2) is 74.3 Å². The van der Waals surface area contributed by atoms with Gasteiger partial charge in [-0.05, 0) is 36.5 Å². The zero-order chi connectivity index (χ0) is 31.8. The monoisotopic (exact) mass is 680 g/mol. The first-order chi connectivity index (χ1) is 17.2. The van der Waals surface area contributed by atoms with E-state index in [2.05, 4.69) is 34.8 Å². The summed E-state index contributed by atoms with van der Waals surface area (Å²) in [6, 6.07) is 0. The Morgan fingerprint density at radius 1 is 0.300 bits per heavy atom. The van der Waals surface area contributed by atoms with Crippen molar-refractivity contribution < 1.29 is 79.0 Å². The molecule has 40 heavy (non-hydrogen) atoms. The number of allylic oxidation sites excluding steroid dienone is 6. The van der Waals surface area contributed by atoms with Crippen LogP contribution in [0.4, 0.5) is 79.0 Å². The van der Waals surface area contributed by atoms with Crippen molar-refractivity contribution in [1.29, 1.82) is 0 Å². The highest BCUT2D eigenvalue weighted by Crippen LogP contribution is 2.68. The highest BCUT2D eigenvalue weighted by molar-refractivity contribution is 6.71. The molecule has 0 bridgehead atoms. The molecule has 228 valence electrons. The standard InChI is InChI=1S/C18H6BCl3F18/c20-10(26)4-1-7(23,13(29,30)16(10,35)36)19(8(24)2-5-11(21,27)17(37,38)14(8,31)32)9(25)3-6-12(22,28)18(39,40)15(9,33)34/h1-6H. The van der Waals surface area contributed by atoms with E-state index in [4.69, 9.17) is 0 Å². The normalized spacial score (nSPS) is 47.6. The largest absolute Gasteiger partial charge is 0.363 e. The maximum absolute atomic E-state index is 16.0. The zero-order valence-electron chi connectivity index (χ0n) is 18.0. The molecule has 3 rings (SSSR count).